The van der Waals surface area contributed by atoms with Crippen molar-refractivity contribution in [1.29, 1.82) is 0 Å². The van der Waals surface area contributed by atoms with Crippen molar-refractivity contribution >= 4 is 11.3 Å². The maximum absolute atomic E-state index is 5.47. The van der Waals surface area contributed by atoms with Gasteiger partial charge in [-0.3, -0.25) is 4.90 Å². The van der Waals surface area contributed by atoms with Gasteiger partial charge in [-0.15, -0.1) is 11.3 Å². The fourth-order valence-electron chi connectivity index (χ4n) is 2.07. The van der Waals surface area contributed by atoms with Crippen LogP contribution >= 0.6 is 11.3 Å². The summed E-state index contributed by atoms with van der Waals surface area (Å²) in [7, 11) is 0. The molecule has 0 unspecified atom stereocenters. The highest BCUT2D eigenvalue weighted by Crippen LogP contribution is 2.29. The van der Waals surface area contributed by atoms with Crippen LogP contribution in [0.25, 0.3) is 0 Å². The van der Waals surface area contributed by atoms with E-state index in [1.165, 1.54) is 0 Å². The molecule has 0 aliphatic carbocycles. The van der Waals surface area contributed by atoms with Crippen LogP contribution in [-0.4, -0.2) is 51.0 Å². The summed E-state index contributed by atoms with van der Waals surface area (Å²) in [6, 6.07) is 4.08. The van der Waals surface area contributed by atoms with Crippen molar-refractivity contribution in [2.45, 2.75) is 6.29 Å². The molecule has 5 heteroatoms. The van der Waals surface area contributed by atoms with Gasteiger partial charge in [0.05, 0.1) is 42.7 Å². The minimum atomic E-state index is -0.181. The molecule has 4 nitrogen and oxygen atoms in total. The van der Waals surface area contributed by atoms with Gasteiger partial charge in [0.1, 0.15) is 0 Å². The lowest BCUT2D eigenvalue weighted by Crippen LogP contribution is -2.36. The molecule has 2 saturated heterocycles. The molecule has 0 N–H and O–H groups in total. The molecule has 2 fully saturated rings. The molecule has 1 aromatic heterocycles. The van der Waals surface area contributed by atoms with Gasteiger partial charge in [-0.1, -0.05) is 11.8 Å². The first kappa shape index (κ1) is 13.1. The normalized spacial score (nSPS) is 21.3. The number of rotatable bonds is 2. The summed E-state index contributed by atoms with van der Waals surface area (Å²) in [5.74, 6) is 6.44. The van der Waals surface area contributed by atoms with E-state index in [9.17, 15) is 0 Å². The van der Waals surface area contributed by atoms with Gasteiger partial charge in [0.15, 0.2) is 6.29 Å². The first-order valence-electron chi connectivity index (χ1n) is 6.54. The number of ether oxygens (including phenoxy) is 3. The average molecular weight is 279 g/mol. The van der Waals surface area contributed by atoms with Crippen molar-refractivity contribution in [2.75, 3.05) is 46.1 Å². The Hall–Kier alpha value is -0.900. The molecule has 19 heavy (non-hydrogen) atoms. The lowest BCUT2D eigenvalue weighted by atomic mass is 10.4. The Labute approximate surface area is 117 Å². The molecule has 2 aliphatic rings. The second kappa shape index (κ2) is 6.51. The van der Waals surface area contributed by atoms with E-state index in [1.807, 2.05) is 12.1 Å². The monoisotopic (exact) mass is 279 g/mol. The summed E-state index contributed by atoms with van der Waals surface area (Å²) in [5, 5.41) is 0. The highest BCUT2D eigenvalue weighted by molar-refractivity contribution is 7.12. The predicted molar refractivity (Wildman–Crippen MR) is 73.1 cm³/mol. The molecular weight excluding hydrogens is 262 g/mol. The van der Waals surface area contributed by atoms with E-state index < -0.39 is 0 Å². The third-order valence-electron chi connectivity index (χ3n) is 3.10. The Morgan fingerprint density at radius 2 is 1.95 bits per heavy atom. The second-order valence-electron chi connectivity index (χ2n) is 4.47. The molecule has 1 aromatic rings. The lowest BCUT2D eigenvalue weighted by Gasteiger charge is -2.24. The van der Waals surface area contributed by atoms with Crippen molar-refractivity contribution in [3.63, 3.8) is 0 Å². The molecule has 0 atom stereocenters. The van der Waals surface area contributed by atoms with Crippen LogP contribution in [0.5, 0.6) is 0 Å². The zero-order valence-electron chi connectivity index (χ0n) is 10.8. The summed E-state index contributed by atoms with van der Waals surface area (Å²) < 4.78 is 16.2. The topological polar surface area (TPSA) is 30.9 Å². The van der Waals surface area contributed by atoms with Gasteiger partial charge in [-0.2, -0.15) is 0 Å². The van der Waals surface area contributed by atoms with E-state index in [4.69, 9.17) is 14.2 Å². The SMILES string of the molecule is C(#Cc1ccc(C2OCCO2)s1)CN1CCOCC1. The fraction of sp³-hybridized carbons (Fsp3) is 0.571. The average Bonchev–Trinajstić information content (AvgIpc) is 3.10. The van der Waals surface area contributed by atoms with Gasteiger partial charge < -0.3 is 14.2 Å². The fourth-order valence-corrected chi connectivity index (χ4v) is 2.95. The van der Waals surface area contributed by atoms with Crippen molar-refractivity contribution in [3.05, 3.63) is 21.9 Å². The molecule has 0 radical (unpaired) electrons. The number of thiophene rings is 1. The number of morpholine rings is 1. The van der Waals surface area contributed by atoms with E-state index in [2.05, 4.69) is 16.7 Å². The minimum absolute atomic E-state index is 0.181. The van der Waals surface area contributed by atoms with Gasteiger partial charge in [0, 0.05) is 13.1 Å². The Kier molecular flexibility index (Phi) is 4.49. The zero-order chi connectivity index (χ0) is 12.9. The standard InChI is InChI=1S/C14H17NO3S/c1(5-15-6-8-16-9-7-15)2-12-3-4-13(19-12)14-17-10-11-18-14/h3-4,14H,5-11H2. The van der Waals surface area contributed by atoms with E-state index in [-0.39, 0.29) is 6.29 Å². The van der Waals surface area contributed by atoms with Crippen LogP contribution in [0, 0.1) is 11.8 Å². The van der Waals surface area contributed by atoms with Crippen LogP contribution in [0.1, 0.15) is 16.0 Å². The summed E-state index contributed by atoms with van der Waals surface area (Å²) >= 11 is 1.65. The van der Waals surface area contributed by atoms with E-state index in [1.54, 1.807) is 11.3 Å². The van der Waals surface area contributed by atoms with Crippen LogP contribution in [0.2, 0.25) is 0 Å². The molecule has 0 bridgehead atoms. The maximum Gasteiger partial charge on any atom is 0.193 e. The minimum Gasteiger partial charge on any atom is -0.379 e. The molecule has 3 heterocycles. The van der Waals surface area contributed by atoms with Crippen molar-refractivity contribution in [1.82, 2.24) is 4.90 Å². The maximum atomic E-state index is 5.47. The smallest absolute Gasteiger partial charge is 0.193 e. The van der Waals surface area contributed by atoms with E-state index >= 15 is 0 Å². The summed E-state index contributed by atoms with van der Waals surface area (Å²) in [6.45, 7) is 5.78. The van der Waals surface area contributed by atoms with Crippen molar-refractivity contribution < 1.29 is 14.2 Å². The van der Waals surface area contributed by atoms with Crippen LogP contribution < -0.4 is 0 Å². The molecule has 3 rings (SSSR count). The molecule has 0 spiro atoms. The Morgan fingerprint density at radius 3 is 2.74 bits per heavy atom. The Bertz CT molecular complexity index is 465. The Morgan fingerprint density at radius 1 is 1.16 bits per heavy atom. The van der Waals surface area contributed by atoms with Crippen LogP contribution in [0.15, 0.2) is 12.1 Å². The summed E-state index contributed by atoms with van der Waals surface area (Å²) in [6.07, 6.45) is -0.181. The zero-order valence-corrected chi connectivity index (χ0v) is 11.6. The van der Waals surface area contributed by atoms with E-state index in [0.717, 1.165) is 42.6 Å². The highest BCUT2D eigenvalue weighted by atomic mass is 32.1. The second-order valence-corrected chi connectivity index (χ2v) is 5.58. The summed E-state index contributed by atoms with van der Waals surface area (Å²) in [4.78, 5) is 4.49. The Balaban J connectivity index is 1.54. The quantitative estimate of drug-likeness (QED) is 0.767. The molecule has 102 valence electrons. The highest BCUT2D eigenvalue weighted by Gasteiger charge is 2.19. The van der Waals surface area contributed by atoms with Gasteiger partial charge in [0.25, 0.3) is 0 Å². The summed E-state index contributed by atoms with van der Waals surface area (Å²) in [5.41, 5.74) is 0. The number of nitrogens with zero attached hydrogens (tertiary/aromatic N) is 1. The van der Waals surface area contributed by atoms with Gasteiger partial charge >= 0.3 is 0 Å². The first-order chi connectivity index (χ1) is 9.42. The number of hydrogen-bond acceptors (Lipinski definition) is 5. The molecule has 0 saturated carbocycles. The molecular formula is C14H17NO3S. The molecule has 0 amide bonds. The van der Waals surface area contributed by atoms with Gasteiger partial charge in [-0.25, -0.2) is 0 Å². The van der Waals surface area contributed by atoms with Crippen molar-refractivity contribution in [3.8, 4) is 11.8 Å². The lowest BCUT2D eigenvalue weighted by molar-refractivity contribution is -0.0413. The number of hydrogen-bond donors (Lipinski definition) is 0. The van der Waals surface area contributed by atoms with Gasteiger partial charge in [-0.05, 0) is 12.1 Å². The molecule has 0 aromatic carbocycles. The molecule has 2 aliphatic heterocycles. The third kappa shape index (κ3) is 3.56. The van der Waals surface area contributed by atoms with E-state index in [0.29, 0.717) is 13.2 Å². The van der Waals surface area contributed by atoms with Gasteiger partial charge in [0.2, 0.25) is 0 Å². The first-order valence-corrected chi connectivity index (χ1v) is 7.35. The van der Waals surface area contributed by atoms with Crippen LogP contribution in [0.3, 0.4) is 0 Å². The largest absolute Gasteiger partial charge is 0.379 e. The van der Waals surface area contributed by atoms with Crippen LogP contribution in [-0.2, 0) is 14.2 Å². The third-order valence-corrected chi connectivity index (χ3v) is 4.12. The predicted octanol–water partition coefficient (Wildman–Crippen LogP) is 1.48. The van der Waals surface area contributed by atoms with Crippen molar-refractivity contribution in [2.24, 2.45) is 0 Å². The van der Waals surface area contributed by atoms with Crippen LogP contribution in [0.4, 0.5) is 0 Å².